The third-order valence-electron chi connectivity index (χ3n) is 9.11. The molecule has 0 saturated heterocycles. The fraction of sp³-hybridized carbons (Fsp3) is 0.788. The minimum absolute atomic E-state index is 0.0745. The van der Waals surface area contributed by atoms with E-state index < -0.39 is 0 Å². The molecule has 0 heterocycles. The lowest BCUT2D eigenvalue weighted by molar-refractivity contribution is 0.0109. The van der Waals surface area contributed by atoms with Crippen LogP contribution in [-0.4, -0.2) is 12.1 Å². The van der Waals surface area contributed by atoms with Gasteiger partial charge in [0.2, 0.25) is 0 Å². The molecule has 1 aromatic rings. The van der Waals surface area contributed by atoms with Crippen LogP contribution in [-0.2, 0) is 11.2 Å². The van der Waals surface area contributed by atoms with Gasteiger partial charge >= 0.3 is 5.97 Å². The second kappa shape index (κ2) is 16.7. The molecule has 0 N–H and O–H groups in total. The highest BCUT2D eigenvalue weighted by molar-refractivity contribution is 6.31. The summed E-state index contributed by atoms with van der Waals surface area (Å²) in [6, 6.07) is 5.71. The van der Waals surface area contributed by atoms with E-state index in [1.807, 2.05) is 18.2 Å². The van der Waals surface area contributed by atoms with Gasteiger partial charge in [0, 0.05) is 5.02 Å². The normalized spacial score (nSPS) is 24.5. The van der Waals surface area contributed by atoms with E-state index in [2.05, 4.69) is 13.8 Å². The monoisotopic (exact) mass is 516 g/mol. The van der Waals surface area contributed by atoms with Crippen molar-refractivity contribution in [2.45, 2.75) is 148 Å². The Morgan fingerprint density at radius 1 is 0.778 bits per heavy atom. The highest BCUT2D eigenvalue weighted by atomic mass is 35.5. The van der Waals surface area contributed by atoms with Crippen molar-refractivity contribution in [3.05, 3.63) is 34.3 Å². The molecule has 2 nitrogen and oxygen atoms in total. The largest absolute Gasteiger partial charge is 0.459 e. The number of unbranched alkanes of at least 4 members (excludes halogenated alkanes) is 8. The van der Waals surface area contributed by atoms with Crippen molar-refractivity contribution < 1.29 is 9.53 Å². The van der Waals surface area contributed by atoms with Crippen molar-refractivity contribution in [2.24, 2.45) is 17.8 Å². The average molecular weight is 517 g/mol. The lowest BCUT2D eigenvalue weighted by Crippen LogP contribution is -2.29. The first-order chi connectivity index (χ1) is 17.6. The second-order valence-electron chi connectivity index (χ2n) is 11.9. The van der Waals surface area contributed by atoms with Gasteiger partial charge in [0.25, 0.3) is 0 Å². The maximum Gasteiger partial charge on any atom is 0.338 e. The summed E-state index contributed by atoms with van der Waals surface area (Å²) in [4.78, 5) is 12.7. The zero-order chi connectivity index (χ0) is 25.6. The molecule has 2 aliphatic carbocycles. The number of hydrogen-bond donors (Lipinski definition) is 0. The number of hydrogen-bond acceptors (Lipinski definition) is 2. The van der Waals surface area contributed by atoms with E-state index in [1.54, 1.807) is 0 Å². The van der Waals surface area contributed by atoms with Gasteiger partial charge in [-0.25, -0.2) is 4.79 Å². The number of ether oxygens (including phenoxy) is 1. The number of rotatable bonds is 15. The molecule has 0 atom stereocenters. The van der Waals surface area contributed by atoms with E-state index >= 15 is 0 Å². The Bertz CT molecular complexity index is 744. The molecular formula is C33H53ClO2. The van der Waals surface area contributed by atoms with E-state index in [0.717, 1.165) is 49.0 Å². The molecule has 36 heavy (non-hydrogen) atoms. The van der Waals surface area contributed by atoms with E-state index in [4.69, 9.17) is 16.3 Å². The Hall–Kier alpha value is -1.02. The first-order valence-electron chi connectivity index (χ1n) is 15.6. The Labute approximate surface area is 227 Å². The predicted molar refractivity (Wildman–Crippen MR) is 154 cm³/mol. The molecule has 0 spiro atoms. The van der Waals surface area contributed by atoms with E-state index in [1.165, 1.54) is 103 Å². The summed E-state index contributed by atoms with van der Waals surface area (Å²) >= 11 is 6.46. The summed E-state index contributed by atoms with van der Waals surface area (Å²) in [5.41, 5.74) is 1.74. The number of halogens is 1. The lowest BCUT2D eigenvalue weighted by Gasteiger charge is -2.37. The van der Waals surface area contributed by atoms with Gasteiger partial charge in [-0.2, -0.15) is 0 Å². The van der Waals surface area contributed by atoms with Crippen molar-refractivity contribution >= 4 is 17.6 Å². The van der Waals surface area contributed by atoms with Crippen LogP contribution in [0.15, 0.2) is 18.2 Å². The average Bonchev–Trinajstić information content (AvgIpc) is 2.90. The van der Waals surface area contributed by atoms with Crippen molar-refractivity contribution in [1.82, 2.24) is 0 Å². The zero-order valence-corrected chi connectivity index (χ0v) is 24.1. The molecule has 0 aliphatic heterocycles. The second-order valence-corrected chi connectivity index (χ2v) is 12.3. The number of carbonyl (C=O) groups is 1. The maximum atomic E-state index is 12.7. The Morgan fingerprint density at radius 2 is 1.36 bits per heavy atom. The van der Waals surface area contributed by atoms with Gasteiger partial charge in [0.15, 0.2) is 0 Å². The van der Waals surface area contributed by atoms with Gasteiger partial charge in [-0.1, -0.05) is 109 Å². The van der Waals surface area contributed by atoms with Crippen LogP contribution in [0.3, 0.4) is 0 Å². The molecule has 0 radical (unpaired) electrons. The van der Waals surface area contributed by atoms with Gasteiger partial charge < -0.3 is 4.74 Å². The van der Waals surface area contributed by atoms with Crippen molar-refractivity contribution in [2.75, 3.05) is 0 Å². The molecule has 3 heteroatoms. The Kier molecular flexibility index (Phi) is 13.7. The van der Waals surface area contributed by atoms with E-state index in [-0.39, 0.29) is 12.1 Å². The first kappa shape index (κ1) is 29.5. The first-order valence-corrected chi connectivity index (χ1v) is 16.0. The molecule has 0 bridgehead atoms. The third kappa shape index (κ3) is 10.0. The van der Waals surface area contributed by atoms with Gasteiger partial charge in [0.1, 0.15) is 6.10 Å². The zero-order valence-electron chi connectivity index (χ0n) is 23.4. The molecule has 2 fully saturated rings. The summed E-state index contributed by atoms with van der Waals surface area (Å²) in [7, 11) is 0. The van der Waals surface area contributed by atoms with Gasteiger partial charge in [0.05, 0.1) is 5.56 Å². The SMILES string of the molecule is CCCCCCCCCC1CCC(C2CCC(OC(=O)c3ccc(CCCCC)c(Cl)c3)CC2)CC1. The van der Waals surface area contributed by atoms with Gasteiger partial charge in [-0.05, 0) is 86.8 Å². The summed E-state index contributed by atoms with van der Waals surface area (Å²) in [5.74, 6) is 2.53. The van der Waals surface area contributed by atoms with Crippen LogP contribution in [0.5, 0.6) is 0 Å². The molecule has 2 aliphatic rings. The smallest absolute Gasteiger partial charge is 0.338 e. The van der Waals surface area contributed by atoms with Crippen LogP contribution in [0.4, 0.5) is 0 Å². The third-order valence-corrected chi connectivity index (χ3v) is 9.46. The highest BCUT2D eigenvalue weighted by Crippen LogP contribution is 2.41. The fourth-order valence-corrected chi connectivity index (χ4v) is 6.95. The van der Waals surface area contributed by atoms with E-state index in [0.29, 0.717) is 10.6 Å². The van der Waals surface area contributed by atoms with Crippen molar-refractivity contribution in [3.8, 4) is 0 Å². The molecule has 3 rings (SSSR count). The number of benzene rings is 1. The maximum absolute atomic E-state index is 12.7. The Balaban J connectivity index is 1.30. The van der Waals surface area contributed by atoms with Crippen LogP contribution in [0, 0.1) is 17.8 Å². The standard InChI is InChI=1S/C33H53ClO2/c1-3-5-7-8-9-10-12-13-26-15-17-27(18-16-26)28-21-23-31(24-22-28)36-33(35)30-20-19-29(32(34)25-30)14-11-6-4-2/h19-20,25-28,31H,3-18,21-24H2,1-2H3. The number of carbonyl (C=O) groups excluding carboxylic acids is 1. The van der Waals surface area contributed by atoms with Crippen LogP contribution < -0.4 is 0 Å². The van der Waals surface area contributed by atoms with E-state index in [9.17, 15) is 4.79 Å². The highest BCUT2D eigenvalue weighted by Gasteiger charge is 2.32. The minimum atomic E-state index is -0.202. The number of esters is 1. The molecule has 0 unspecified atom stereocenters. The molecule has 204 valence electrons. The fourth-order valence-electron chi connectivity index (χ4n) is 6.68. The Morgan fingerprint density at radius 3 is 2.00 bits per heavy atom. The summed E-state index contributed by atoms with van der Waals surface area (Å²) in [6.07, 6.45) is 26.3. The lowest BCUT2D eigenvalue weighted by atomic mass is 9.70. The van der Waals surface area contributed by atoms with Crippen LogP contribution in [0.2, 0.25) is 5.02 Å². The van der Waals surface area contributed by atoms with Crippen LogP contribution in [0.1, 0.15) is 152 Å². The van der Waals surface area contributed by atoms with Gasteiger partial charge in [-0.3, -0.25) is 0 Å². The quantitative estimate of drug-likeness (QED) is 0.171. The van der Waals surface area contributed by atoms with Crippen molar-refractivity contribution in [3.63, 3.8) is 0 Å². The summed E-state index contributed by atoms with van der Waals surface area (Å²) in [5, 5.41) is 0.701. The molecular weight excluding hydrogens is 464 g/mol. The van der Waals surface area contributed by atoms with Gasteiger partial charge in [-0.15, -0.1) is 0 Å². The van der Waals surface area contributed by atoms with Crippen molar-refractivity contribution in [1.29, 1.82) is 0 Å². The predicted octanol–water partition coefficient (Wildman–Crippen LogP) is 10.7. The van der Waals surface area contributed by atoms with Crippen LogP contribution >= 0.6 is 11.6 Å². The summed E-state index contributed by atoms with van der Waals surface area (Å²) < 4.78 is 5.91. The minimum Gasteiger partial charge on any atom is -0.459 e. The number of aryl methyl sites for hydroxylation is 1. The molecule has 1 aromatic carbocycles. The molecule has 0 amide bonds. The summed E-state index contributed by atoms with van der Waals surface area (Å²) in [6.45, 7) is 4.50. The molecule has 2 saturated carbocycles. The topological polar surface area (TPSA) is 26.3 Å². The van der Waals surface area contributed by atoms with Crippen LogP contribution in [0.25, 0.3) is 0 Å². The molecule has 0 aromatic heterocycles.